The molecule has 0 unspecified atom stereocenters. The molecule has 0 atom stereocenters. The third-order valence-electron chi connectivity index (χ3n) is 7.34. The smallest absolute Gasteiger partial charge is 0.418 e. The zero-order valence-corrected chi connectivity index (χ0v) is 21.6. The van der Waals surface area contributed by atoms with Crippen LogP contribution in [0.25, 0.3) is 11.0 Å². The maximum absolute atomic E-state index is 13.7. The normalized spacial score (nSPS) is 19.0. The van der Waals surface area contributed by atoms with Crippen molar-refractivity contribution in [2.24, 2.45) is 5.92 Å². The predicted molar refractivity (Wildman–Crippen MR) is 141 cm³/mol. The summed E-state index contributed by atoms with van der Waals surface area (Å²) in [4.78, 5) is 13.4. The van der Waals surface area contributed by atoms with Crippen LogP contribution < -0.4 is 20.7 Å². The summed E-state index contributed by atoms with van der Waals surface area (Å²) in [7, 11) is -1.39. The highest BCUT2D eigenvalue weighted by Crippen LogP contribution is 2.51. The van der Waals surface area contributed by atoms with Crippen LogP contribution in [0.5, 0.6) is 5.75 Å². The van der Waals surface area contributed by atoms with Crippen LogP contribution in [0.3, 0.4) is 0 Å². The zero-order chi connectivity index (χ0) is 26.5. The fraction of sp³-hybridized carbons (Fsp3) is 0.385. The molecule has 12 heteroatoms. The quantitative estimate of drug-likeness (QED) is 0.285. The Morgan fingerprint density at radius 1 is 1.16 bits per heavy atom. The van der Waals surface area contributed by atoms with Crippen LogP contribution in [-0.2, 0) is 10.7 Å². The monoisotopic (exact) mass is 544 g/mol. The highest BCUT2D eigenvalue weighted by molar-refractivity contribution is 7.77. The van der Waals surface area contributed by atoms with Crippen LogP contribution in [0, 0.1) is 5.92 Å². The number of nitrogens with zero attached hydrogens (tertiary/aromatic N) is 3. The molecule has 3 aromatic rings. The topological polar surface area (TPSA) is 95.2 Å². The number of nitrogens with one attached hydrogen (secondary N) is 3. The molecule has 0 bridgehead atoms. The van der Waals surface area contributed by atoms with Gasteiger partial charge in [0.1, 0.15) is 17.2 Å². The number of rotatable bonds is 8. The number of benzene rings is 1. The van der Waals surface area contributed by atoms with Gasteiger partial charge in [0, 0.05) is 36.5 Å². The van der Waals surface area contributed by atoms with Crippen LogP contribution in [-0.4, -0.2) is 39.5 Å². The fourth-order valence-corrected chi connectivity index (χ4v) is 6.51. The highest BCUT2D eigenvalue weighted by atomic mass is 31.2. The molecule has 3 heterocycles. The van der Waals surface area contributed by atoms with E-state index in [0.29, 0.717) is 35.2 Å². The molecule has 200 valence electrons. The van der Waals surface area contributed by atoms with Gasteiger partial charge in [-0.25, -0.2) is 0 Å². The lowest BCUT2D eigenvalue weighted by molar-refractivity contribution is -0.136. The van der Waals surface area contributed by atoms with Crippen molar-refractivity contribution < 1.29 is 22.5 Å². The molecule has 38 heavy (non-hydrogen) atoms. The van der Waals surface area contributed by atoms with E-state index < -0.39 is 18.9 Å². The van der Waals surface area contributed by atoms with Crippen molar-refractivity contribution in [3.63, 3.8) is 0 Å². The number of halogens is 3. The number of hydrogen-bond donors (Lipinski definition) is 3. The Bertz CT molecular complexity index is 1460. The second-order valence-corrected chi connectivity index (χ2v) is 12.5. The van der Waals surface area contributed by atoms with E-state index in [2.05, 4.69) is 30.5 Å². The second-order valence-electron chi connectivity index (χ2n) is 9.99. The van der Waals surface area contributed by atoms with Gasteiger partial charge in [0.2, 0.25) is 5.95 Å². The SMILES string of the molecule is COc1cc(P2(=O)C=CN(C3CC3)C=C2)ccc1Nc1nc(NCC2CCC2)c2c(C(F)(F)F)c[nH]c2n1. The van der Waals surface area contributed by atoms with Crippen LogP contribution >= 0.6 is 7.14 Å². The van der Waals surface area contributed by atoms with Crippen LogP contribution in [0.4, 0.5) is 30.6 Å². The largest absolute Gasteiger partial charge is 0.495 e. The summed E-state index contributed by atoms with van der Waals surface area (Å²) in [5.74, 6) is 4.55. The van der Waals surface area contributed by atoms with Crippen molar-refractivity contribution in [2.45, 2.75) is 44.3 Å². The first-order valence-corrected chi connectivity index (χ1v) is 14.5. The Morgan fingerprint density at radius 3 is 2.55 bits per heavy atom. The minimum absolute atomic E-state index is 0.0728. The first kappa shape index (κ1) is 24.9. The fourth-order valence-electron chi connectivity index (χ4n) is 4.74. The molecule has 0 radical (unpaired) electrons. The number of hydrogen-bond acceptors (Lipinski definition) is 7. The van der Waals surface area contributed by atoms with E-state index in [1.54, 1.807) is 29.8 Å². The van der Waals surface area contributed by atoms with Gasteiger partial charge in [0.25, 0.3) is 0 Å². The molecule has 3 N–H and O–H groups in total. The van der Waals surface area contributed by atoms with Gasteiger partial charge in [-0.05, 0) is 61.4 Å². The van der Waals surface area contributed by atoms with Crippen LogP contribution in [0.1, 0.15) is 37.7 Å². The molecule has 2 aromatic heterocycles. The van der Waals surface area contributed by atoms with Gasteiger partial charge in [-0.3, -0.25) is 0 Å². The van der Waals surface area contributed by atoms with E-state index in [1.807, 2.05) is 12.4 Å². The molecule has 1 aromatic carbocycles. The summed E-state index contributed by atoms with van der Waals surface area (Å²) in [5.41, 5.74) is -0.237. The van der Waals surface area contributed by atoms with E-state index in [-0.39, 0.29) is 22.8 Å². The van der Waals surface area contributed by atoms with Gasteiger partial charge in [-0.15, -0.1) is 0 Å². The third-order valence-corrected chi connectivity index (χ3v) is 9.58. The van der Waals surface area contributed by atoms with E-state index in [1.165, 1.54) is 7.11 Å². The summed E-state index contributed by atoms with van der Waals surface area (Å²) in [6.45, 7) is 0.542. The van der Waals surface area contributed by atoms with Gasteiger partial charge in [-0.1, -0.05) is 6.42 Å². The summed E-state index contributed by atoms with van der Waals surface area (Å²) < 4.78 is 60.2. The molecular weight excluding hydrogens is 516 g/mol. The number of aromatic nitrogens is 3. The number of alkyl halides is 3. The Kier molecular flexibility index (Phi) is 6.13. The highest BCUT2D eigenvalue weighted by Gasteiger charge is 2.36. The summed E-state index contributed by atoms with van der Waals surface area (Å²) in [6, 6.07) is 5.66. The zero-order valence-electron chi connectivity index (χ0n) is 20.8. The molecular formula is C26H28F3N6O2P. The van der Waals surface area contributed by atoms with Crippen molar-refractivity contribution >= 4 is 40.9 Å². The molecule has 1 aliphatic heterocycles. The predicted octanol–water partition coefficient (Wildman–Crippen LogP) is 6.35. The third kappa shape index (κ3) is 4.75. The standard InChI is InChI=1S/C26H28F3N6O2P/c1-37-21-13-18(38(36)11-9-35(10-12-38)17-5-6-17)7-8-20(21)32-25-33-23(30-14-16-3-2-4-16)22-19(26(27,28)29)15-31-24(22)34-25/h7-13,15-17H,2-6,14H2,1H3,(H3,30,31,32,33,34). The summed E-state index contributed by atoms with van der Waals surface area (Å²) in [6.07, 6.45) is 5.62. The molecule has 0 saturated heterocycles. The lowest BCUT2D eigenvalue weighted by Crippen LogP contribution is -2.22. The van der Waals surface area contributed by atoms with Gasteiger partial charge in [0.15, 0.2) is 7.14 Å². The van der Waals surface area contributed by atoms with E-state index in [9.17, 15) is 17.7 Å². The molecule has 0 amide bonds. The van der Waals surface area contributed by atoms with Gasteiger partial charge in [-0.2, -0.15) is 23.1 Å². The molecule has 2 fully saturated rings. The van der Waals surface area contributed by atoms with Gasteiger partial charge in [0.05, 0.1) is 23.7 Å². The summed E-state index contributed by atoms with van der Waals surface area (Å²) >= 11 is 0. The minimum Gasteiger partial charge on any atom is -0.495 e. The van der Waals surface area contributed by atoms with E-state index in [0.717, 1.165) is 38.3 Å². The Balaban J connectivity index is 1.30. The van der Waals surface area contributed by atoms with Crippen molar-refractivity contribution in [3.05, 3.63) is 54.0 Å². The first-order valence-electron chi connectivity index (χ1n) is 12.6. The molecule has 2 saturated carbocycles. The molecule has 2 aliphatic carbocycles. The van der Waals surface area contributed by atoms with E-state index >= 15 is 0 Å². The Labute approximate surface area is 217 Å². The minimum atomic E-state index is -4.54. The molecule has 0 spiro atoms. The van der Waals surface area contributed by atoms with Crippen LogP contribution in [0.2, 0.25) is 0 Å². The van der Waals surface area contributed by atoms with Gasteiger partial charge < -0.3 is 29.8 Å². The number of anilines is 3. The number of ether oxygens (including phenoxy) is 1. The number of H-pyrrole nitrogens is 1. The van der Waals surface area contributed by atoms with Crippen molar-refractivity contribution in [1.82, 2.24) is 19.9 Å². The van der Waals surface area contributed by atoms with Crippen molar-refractivity contribution in [1.29, 1.82) is 0 Å². The molecule has 6 rings (SSSR count). The summed E-state index contributed by atoms with van der Waals surface area (Å²) in [5, 5.41) is 6.72. The molecule has 8 nitrogen and oxygen atoms in total. The van der Waals surface area contributed by atoms with Crippen LogP contribution in [0.15, 0.2) is 48.4 Å². The Morgan fingerprint density at radius 2 is 1.92 bits per heavy atom. The Hall–Kier alpha value is -3.46. The van der Waals surface area contributed by atoms with Gasteiger partial charge >= 0.3 is 6.18 Å². The maximum atomic E-state index is 13.7. The first-order chi connectivity index (χ1) is 18.2. The second kappa shape index (κ2) is 9.38. The van der Waals surface area contributed by atoms with E-state index in [4.69, 9.17) is 4.74 Å². The lowest BCUT2D eigenvalue weighted by Gasteiger charge is -2.26. The molecule has 3 aliphatic rings. The number of fused-ring (bicyclic) bond motifs is 1. The van der Waals surface area contributed by atoms with Crippen molar-refractivity contribution in [2.75, 3.05) is 24.3 Å². The van der Waals surface area contributed by atoms with Crippen molar-refractivity contribution in [3.8, 4) is 5.75 Å². The average molecular weight is 545 g/mol. The number of methoxy groups -OCH3 is 1. The average Bonchev–Trinajstić information content (AvgIpc) is 3.61. The maximum Gasteiger partial charge on any atom is 0.418 e. The lowest BCUT2D eigenvalue weighted by atomic mass is 9.85. The number of aromatic amines is 1.